The predicted molar refractivity (Wildman–Crippen MR) is 109 cm³/mol. The van der Waals surface area contributed by atoms with Crippen LogP contribution in [0.25, 0.3) is 0 Å². The highest BCUT2D eigenvalue weighted by Crippen LogP contribution is 2.21. The first kappa shape index (κ1) is 22.2. The third kappa shape index (κ3) is 5.56. The van der Waals surface area contributed by atoms with Crippen molar-refractivity contribution in [1.29, 1.82) is 0 Å². The van der Waals surface area contributed by atoms with Gasteiger partial charge in [0.05, 0.1) is 23.6 Å². The Labute approximate surface area is 175 Å². The summed E-state index contributed by atoms with van der Waals surface area (Å²) in [4.78, 5) is 12.4. The summed E-state index contributed by atoms with van der Waals surface area (Å²) in [5, 5.41) is 2.70. The molecule has 0 aromatic heterocycles. The van der Waals surface area contributed by atoms with E-state index >= 15 is 0 Å². The number of carbonyl (C=O) groups excluding carboxylic acids is 1. The molecule has 1 aliphatic heterocycles. The van der Waals surface area contributed by atoms with Crippen molar-refractivity contribution in [3.63, 3.8) is 0 Å². The summed E-state index contributed by atoms with van der Waals surface area (Å²) < 4.78 is 51.0. The van der Waals surface area contributed by atoms with Crippen molar-refractivity contribution in [3.8, 4) is 5.75 Å². The topological polar surface area (TPSA) is 84.9 Å². The van der Waals surface area contributed by atoms with Crippen molar-refractivity contribution in [2.45, 2.75) is 31.0 Å². The zero-order chi connectivity index (χ0) is 21.7. The Bertz CT molecular complexity index is 954. The van der Waals surface area contributed by atoms with E-state index in [-0.39, 0.29) is 42.0 Å². The van der Waals surface area contributed by atoms with Crippen LogP contribution in [0, 0.1) is 5.82 Å². The van der Waals surface area contributed by atoms with Gasteiger partial charge in [-0.15, -0.1) is 0 Å². The fourth-order valence-corrected chi connectivity index (χ4v) is 4.81. The molecule has 162 valence electrons. The zero-order valence-corrected chi connectivity index (χ0v) is 17.7. The second-order valence-corrected chi connectivity index (χ2v) is 9.10. The lowest BCUT2D eigenvalue weighted by Crippen LogP contribution is -2.48. The molecule has 0 aliphatic carbocycles. The molecule has 1 heterocycles. The number of halogens is 1. The normalized spacial score (nSPS) is 20.0. The summed E-state index contributed by atoms with van der Waals surface area (Å²) >= 11 is 0. The Morgan fingerprint density at radius 1 is 1.10 bits per heavy atom. The Morgan fingerprint density at radius 2 is 1.70 bits per heavy atom. The Morgan fingerprint density at radius 3 is 2.30 bits per heavy atom. The van der Waals surface area contributed by atoms with Gasteiger partial charge >= 0.3 is 0 Å². The van der Waals surface area contributed by atoms with Gasteiger partial charge in [0.25, 0.3) is 5.91 Å². The summed E-state index contributed by atoms with van der Waals surface area (Å²) in [6, 6.07) is 11.4. The largest absolute Gasteiger partial charge is 0.492 e. The van der Waals surface area contributed by atoms with Crippen molar-refractivity contribution < 1.29 is 27.1 Å². The van der Waals surface area contributed by atoms with Gasteiger partial charge in [0.2, 0.25) is 10.0 Å². The number of ether oxygens (including phenoxy) is 2. The van der Waals surface area contributed by atoms with Crippen LogP contribution in [0.1, 0.15) is 24.2 Å². The third-order valence-corrected chi connectivity index (χ3v) is 6.46. The summed E-state index contributed by atoms with van der Waals surface area (Å²) in [5.74, 6) is -0.180. The molecule has 2 unspecified atom stereocenters. The van der Waals surface area contributed by atoms with Crippen LogP contribution in [0.3, 0.4) is 0 Å². The van der Waals surface area contributed by atoms with Gasteiger partial charge in [-0.3, -0.25) is 4.79 Å². The molecule has 0 spiro atoms. The third-order valence-electron chi connectivity index (χ3n) is 4.61. The number of nitrogens with one attached hydrogen (secondary N) is 1. The van der Waals surface area contributed by atoms with Crippen LogP contribution >= 0.6 is 0 Å². The van der Waals surface area contributed by atoms with E-state index in [2.05, 4.69) is 5.32 Å². The molecule has 9 heteroatoms. The lowest BCUT2D eigenvalue weighted by molar-refractivity contribution is -0.0440. The Hall–Kier alpha value is -2.49. The minimum Gasteiger partial charge on any atom is -0.492 e. The van der Waals surface area contributed by atoms with E-state index < -0.39 is 10.0 Å². The van der Waals surface area contributed by atoms with Crippen LogP contribution in [-0.4, -0.2) is 57.1 Å². The molecule has 0 radical (unpaired) electrons. The van der Waals surface area contributed by atoms with Crippen molar-refractivity contribution in [2.75, 3.05) is 26.2 Å². The molecule has 3 rings (SSSR count). The predicted octanol–water partition coefficient (Wildman–Crippen LogP) is 2.43. The molecule has 2 aromatic rings. The smallest absolute Gasteiger partial charge is 0.251 e. The first-order valence-corrected chi connectivity index (χ1v) is 11.1. The lowest BCUT2D eigenvalue weighted by Gasteiger charge is -2.34. The maximum absolute atomic E-state index is 12.9. The van der Waals surface area contributed by atoms with E-state index in [4.69, 9.17) is 9.47 Å². The van der Waals surface area contributed by atoms with E-state index in [9.17, 15) is 17.6 Å². The second kappa shape index (κ2) is 9.55. The minimum atomic E-state index is -3.65. The number of benzene rings is 2. The van der Waals surface area contributed by atoms with Crippen LogP contribution in [0.4, 0.5) is 4.39 Å². The molecule has 7 nitrogen and oxygen atoms in total. The van der Waals surface area contributed by atoms with Crippen molar-refractivity contribution >= 4 is 15.9 Å². The van der Waals surface area contributed by atoms with Crippen LogP contribution in [0.2, 0.25) is 0 Å². The zero-order valence-electron chi connectivity index (χ0n) is 16.9. The number of rotatable bonds is 7. The first-order valence-electron chi connectivity index (χ1n) is 9.68. The van der Waals surface area contributed by atoms with Crippen molar-refractivity contribution in [2.24, 2.45) is 0 Å². The molecule has 1 aliphatic rings. The number of nitrogens with zero attached hydrogens (tertiary/aromatic N) is 1. The average Bonchev–Trinajstić information content (AvgIpc) is 2.71. The maximum atomic E-state index is 12.9. The van der Waals surface area contributed by atoms with Crippen LogP contribution < -0.4 is 10.1 Å². The number of carbonyl (C=O) groups is 1. The van der Waals surface area contributed by atoms with Gasteiger partial charge in [0, 0.05) is 18.7 Å². The van der Waals surface area contributed by atoms with Gasteiger partial charge in [-0.05, 0) is 62.4 Å². The number of hydrogen-bond donors (Lipinski definition) is 1. The lowest BCUT2D eigenvalue weighted by atomic mass is 10.2. The highest BCUT2D eigenvalue weighted by molar-refractivity contribution is 7.89. The molecular formula is C21H25FN2O5S. The van der Waals surface area contributed by atoms with Crippen LogP contribution in [0.15, 0.2) is 53.4 Å². The summed E-state index contributed by atoms with van der Waals surface area (Å²) in [5.41, 5.74) is 0.347. The monoisotopic (exact) mass is 436 g/mol. The fourth-order valence-electron chi connectivity index (χ4n) is 3.22. The van der Waals surface area contributed by atoms with Gasteiger partial charge in [-0.25, -0.2) is 12.8 Å². The molecule has 1 saturated heterocycles. The molecule has 30 heavy (non-hydrogen) atoms. The Kier molecular flexibility index (Phi) is 7.06. The molecule has 2 atom stereocenters. The number of amides is 1. The van der Waals surface area contributed by atoms with E-state index in [1.165, 1.54) is 52.8 Å². The first-order chi connectivity index (χ1) is 14.3. The van der Waals surface area contributed by atoms with Crippen LogP contribution in [0.5, 0.6) is 5.75 Å². The highest BCUT2D eigenvalue weighted by Gasteiger charge is 2.32. The molecule has 1 fully saturated rings. The molecule has 1 amide bonds. The van der Waals surface area contributed by atoms with Gasteiger partial charge in [-0.2, -0.15) is 4.31 Å². The molecule has 2 aromatic carbocycles. The minimum absolute atomic E-state index is 0.139. The SMILES string of the molecule is CC1CN(S(=O)(=O)c2ccc(C(=O)NCCOc3ccc(F)cc3)cc2)CC(C)O1. The number of sulfonamides is 1. The number of hydrogen-bond acceptors (Lipinski definition) is 5. The standard InChI is InChI=1S/C21H25FN2O5S/c1-15-13-24(14-16(2)29-15)30(26,27)20-9-3-17(4-10-20)21(25)23-11-12-28-19-7-5-18(22)6-8-19/h3-10,15-16H,11-14H2,1-2H3,(H,23,25). The van der Waals surface area contributed by atoms with Crippen molar-refractivity contribution in [1.82, 2.24) is 9.62 Å². The second-order valence-electron chi connectivity index (χ2n) is 7.16. The Balaban J connectivity index is 1.54. The molecule has 0 saturated carbocycles. The molecule has 1 N–H and O–H groups in total. The maximum Gasteiger partial charge on any atom is 0.251 e. The fraction of sp³-hybridized carbons (Fsp3) is 0.381. The van der Waals surface area contributed by atoms with Gasteiger partial charge in [0.15, 0.2) is 0 Å². The van der Waals surface area contributed by atoms with Crippen LogP contribution in [-0.2, 0) is 14.8 Å². The molecule has 0 bridgehead atoms. The summed E-state index contributed by atoms with van der Waals surface area (Å²) in [6.45, 7) is 4.74. The molecular weight excluding hydrogens is 411 g/mol. The van der Waals surface area contributed by atoms with E-state index in [0.717, 1.165) is 0 Å². The average molecular weight is 437 g/mol. The van der Waals surface area contributed by atoms with Gasteiger partial charge in [0.1, 0.15) is 18.2 Å². The van der Waals surface area contributed by atoms with E-state index in [1.807, 2.05) is 13.8 Å². The van der Waals surface area contributed by atoms with E-state index in [1.54, 1.807) is 0 Å². The quantitative estimate of drug-likeness (QED) is 0.674. The number of morpholine rings is 1. The summed E-state index contributed by atoms with van der Waals surface area (Å²) in [7, 11) is -3.65. The van der Waals surface area contributed by atoms with Gasteiger partial charge in [-0.1, -0.05) is 0 Å². The van der Waals surface area contributed by atoms with E-state index in [0.29, 0.717) is 24.4 Å². The van der Waals surface area contributed by atoms with Gasteiger partial charge < -0.3 is 14.8 Å². The van der Waals surface area contributed by atoms with Crippen molar-refractivity contribution in [3.05, 3.63) is 59.9 Å². The summed E-state index contributed by atoms with van der Waals surface area (Å²) in [6.07, 6.45) is -0.351. The highest BCUT2D eigenvalue weighted by atomic mass is 32.2.